The molecule has 0 saturated carbocycles. The Kier molecular flexibility index (Phi) is 5.83. The molecule has 0 radical (unpaired) electrons. The Balaban J connectivity index is 1.87. The van der Waals surface area contributed by atoms with Gasteiger partial charge in [0.15, 0.2) is 11.5 Å². The second-order valence-electron chi connectivity index (χ2n) is 5.45. The Morgan fingerprint density at radius 1 is 1.25 bits per heavy atom. The number of rotatable bonds is 7. The van der Waals surface area contributed by atoms with Crippen LogP contribution in [0, 0.1) is 11.6 Å². The van der Waals surface area contributed by atoms with E-state index in [1.165, 1.54) is 18.4 Å². The largest absolute Gasteiger partial charge is 0.491 e. The smallest absolute Gasteiger partial charge is 0.338 e. The second kappa shape index (κ2) is 8.30. The van der Waals surface area contributed by atoms with Crippen molar-refractivity contribution in [3.8, 4) is 22.2 Å². The molecule has 148 valence electrons. The Labute approximate surface area is 162 Å². The van der Waals surface area contributed by atoms with E-state index in [4.69, 9.17) is 9.47 Å². The summed E-state index contributed by atoms with van der Waals surface area (Å²) < 4.78 is 43.8. The molecule has 0 saturated heterocycles. The number of thiophene rings is 1. The highest BCUT2D eigenvalue weighted by Crippen LogP contribution is 2.42. The van der Waals surface area contributed by atoms with Crippen molar-refractivity contribution in [2.24, 2.45) is 0 Å². The van der Waals surface area contributed by atoms with Gasteiger partial charge in [0, 0.05) is 10.9 Å². The van der Waals surface area contributed by atoms with Gasteiger partial charge >= 0.3 is 5.97 Å². The molecule has 8 nitrogen and oxygen atoms in total. The van der Waals surface area contributed by atoms with Crippen molar-refractivity contribution in [2.45, 2.75) is 13.5 Å². The van der Waals surface area contributed by atoms with Crippen molar-refractivity contribution < 1.29 is 27.8 Å². The maximum Gasteiger partial charge on any atom is 0.338 e. The number of aromatic nitrogens is 4. The molecule has 28 heavy (non-hydrogen) atoms. The van der Waals surface area contributed by atoms with Gasteiger partial charge in [-0.1, -0.05) is 0 Å². The number of benzene rings is 1. The Bertz CT molecular complexity index is 982. The molecule has 11 heteroatoms. The molecular weight excluding hydrogens is 394 g/mol. The Morgan fingerprint density at radius 2 is 1.96 bits per heavy atom. The first-order valence-corrected chi connectivity index (χ1v) is 8.99. The van der Waals surface area contributed by atoms with E-state index in [0.717, 1.165) is 24.0 Å². The maximum absolute atomic E-state index is 14.3. The number of carbonyl (C=O) groups excluding carboxylic acids is 1. The highest BCUT2D eigenvalue weighted by atomic mass is 32.1. The quantitative estimate of drug-likeness (QED) is 0.554. The molecule has 0 amide bonds. The van der Waals surface area contributed by atoms with Gasteiger partial charge in [-0.2, -0.15) is 4.80 Å². The van der Waals surface area contributed by atoms with E-state index < -0.39 is 17.6 Å². The van der Waals surface area contributed by atoms with Crippen LogP contribution in [0.3, 0.4) is 0 Å². The molecule has 2 heterocycles. The molecule has 0 unspecified atom stereocenters. The predicted molar refractivity (Wildman–Crippen MR) is 95.7 cm³/mol. The van der Waals surface area contributed by atoms with Crippen LogP contribution in [0.15, 0.2) is 17.5 Å². The first-order valence-electron chi connectivity index (χ1n) is 8.11. The summed E-state index contributed by atoms with van der Waals surface area (Å²) in [5.74, 6) is -1.40. The fourth-order valence-electron chi connectivity index (χ4n) is 2.47. The minimum atomic E-state index is -0.911. The standard InChI is InChI=1S/C17H16F2N4O4S/c1-4-27-13-8-28-15(14(13)25-2)16-20-22-23(21-16)7-10-11(18)5-9(6-12(10)19)17(24)26-3/h5-6,8H,4,7H2,1-3H3. The Morgan fingerprint density at radius 3 is 2.57 bits per heavy atom. The number of halogens is 2. The van der Waals surface area contributed by atoms with E-state index in [9.17, 15) is 13.6 Å². The number of esters is 1. The third kappa shape index (κ3) is 3.79. The lowest BCUT2D eigenvalue weighted by Crippen LogP contribution is -2.10. The lowest BCUT2D eigenvalue weighted by Gasteiger charge is -2.06. The van der Waals surface area contributed by atoms with E-state index in [1.807, 2.05) is 6.92 Å². The molecule has 0 bridgehead atoms. The zero-order valence-electron chi connectivity index (χ0n) is 15.2. The number of ether oxygens (including phenoxy) is 3. The topological polar surface area (TPSA) is 88.4 Å². The number of hydrogen-bond donors (Lipinski definition) is 0. The normalized spacial score (nSPS) is 10.8. The van der Waals surface area contributed by atoms with Crippen LogP contribution in [-0.4, -0.2) is 47.0 Å². The van der Waals surface area contributed by atoms with Gasteiger partial charge in [0.25, 0.3) is 0 Å². The molecule has 0 aliphatic rings. The van der Waals surface area contributed by atoms with Gasteiger partial charge in [0.1, 0.15) is 16.5 Å². The van der Waals surface area contributed by atoms with Crippen LogP contribution in [0.5, 0.6) is 11.5 Å². The van der Waals surface area contributed by atoms with Crippen molar-refractivity contribution in [3.63, 3.8) is 0 Å². The fourth-order valence-corrected chi connectivity index (χ4v) is 3.34. The van der Waals surface area contributed by atoms with Gasteiger partial charge in [-0.05, 0) is 24.3 Å². The van der Waals surface area contributed by atoms with Gasteiger partial charge < -0.3 is 14.2 Å². The summed E-state index contributed by atoms with van der Waals surface area (Å²) in [6.07, 6.45) is 0. The third-order valence-corrected chi connectivity index (χ3v) is 4.67. The third-order valence-electron chi connectivity index (χ3n) is 3.74. The monoisotopic (exact) mass is 410 g/mol. The minimum Gasteiger partial charge on any atom is -0.491 e. The summed E-state index contributed by atoms with van der Waals surface area (Å²) >= 11 is 1.30. The zero-order chi connectivity index (χ0) is 20.3. The van der Waals surface area contributed by atoms with Crippen LogP contribution in [0.2, 0.25) is 0 Å². The van der Waals surface area contributed by atoms with Crippen molar-refractivity contribution in [1.29, 1.82) is 0 Å². The SMILES string of the molecule is CCOc1csc(-c2nnn(Cc3c(F)cc(C(=O)OC)cc3F)n2)c1OC. The van der Waals surface area contributed by atoms with Crippen molar-refractivity contribution in [3.05, 3.63) is 40.3 Å². The van der Waals surface area contributed by atoms with E-state index in [-0.39, 0.29) is 23.5 Å². The van der Waals surface area contributed by atoms with Gasteiger partial charge in [-0.15, -0.1) is 21.5 Å². The summed E-state index contributed by atoms with van der Waals surface area (Å²) in [6, 6.07) is 1.80. The lowest BCUT2D eigenvalue weighted by molar-refractivity contribution is 0.0599. The van der Waals surface area contributed by atoms with Crippen LogP contribution >= 0.6 is 11.3 Å². The molecule has 0 N–H and O–H groups in total. The molecule has 0 atom stereocenters. The fraction of sp³-hybridized carbons (Fsp3) is 0.294. The lowest BCUT2D eigenvalue weighted by atomic mass is 10.1. The first-order chi connectivity index (χ1) is 13.5. The summed E-state index contributed by atoms with van der Waals surface area (Å²) in [6.45, 7) is 2.00. The van der Waals surface area contributed by atoms with E-state index >= 15 is 0 Å². The van der Waals surface area contributed by atoms with E-state index in [0.29, 0.717) is 23.0 Å². The van der Waals surface area contributed by atoms with Gasteiger partial charge in [-0.3, -0.25) is 0 Å². The summed E-state index contributed by atoms with van der Waals surface area (Å²) in [5, 5.41) is 13.7. The molecule has 0 spiro atoms. The van der Waals surface area contributed by atoms with E-state index in [2.05, 4.69) is 20.1 Å². The van der Waals surface area contributed by atoms with Crippen LogP contribution in [0.25, 0.3) is 10.7 Å². The average molecular weight is 410 g/mol. The second-order valence-corrected chi connectivity index (χ2v) is 6.33. The molecule has 2 aromatic heterocycles. The molecule has 0 fully saturated rings. The van der Waals surface area contributed by atoms with Gasteiger partial charge in [-0.25, -0.2) is 13.6 Å². The first kappa shape index (κ1) is 19.7. The number of hydrogen-bond acceptors (Lipinski definition) is 8. The number of methoxy groups -OCH3 is 2. The summed E-state index contributed by atoms with van der Waals surface area (Å²) in [5.41, 5.74) is -0.523. The van der Waals surface area contributed by atoms with Crippen molar-refractivity contribution in [2.75, 3.05) is 20.8 Å². The number of nitrogens with zero attached hydrogens (tertiary/aromatic N) is 4. The molecule has 0 aliphatic carbocycles. The predicted octanol–water partition coefficient (Wildman–Crippen LogP) is 2.92. The number of carbonyl (C=O) groups is 1. The summed E-state index contributed by atoms with van der Waals surface area (Å²) in [7, 11) is 2.62. The number of tetrazole rings is 1. The molecule has 3 rings (SSSR count). The van der Waals surface area contributed by atoms with Gasteiger partial charge in [0.2, 0.25) is 5.82 Å². The van der Waals surface area contributed by atoms with Gasteiger partial charge in [0.05, 0.1) is 32.9 Å². The maximum atomic E-state index is 14.3. The molecule has 1 aromatic carbocycles. The van der Waals surface area contributed by atoms with Crippen LogP contribution in [0.1, 0.15) is 22.8 Å². The van der Waals surface area contributed by atoms with Crippen molar-refractivity contribution >= 4 is 17.3 Å². The molecular formula is C17H16F2N4O4S. The van der Waals surface area contributed by atoms with E-state index in [1.54, 1.807) is 5.38 Å². The van der Waals surface area contributed by atoms with Crippen LogP contribution in [-0.2, 0) is 11.3 Å². The van der Waals surface area contributed by atoms with Crippen LogP contribution < -0.4 is 9.47 Å². The molecule has 0 aliphatic heterocycles. The highest BCUT2D eigenvalue weighted by molar-refractivity contribution is 7.14. The van der Waals surface area contributed by atoms with Crippen molar-refractivity contribution in [1.82, 2.24) is 20.2 Å². The minimum absolute atomic E-state index is 0.222. The zero-order valence-corrected chi connectivity index (χ0v) is 16.0. The average Bonchev–Trinajstić information content (AvgIpc) is 3.30. The molecule has 3 aromatic rings. The summed E-state index contributed by atoms with van der Waals surface area (Å²) in [4.78, 5) is 13.1. The highest BCUT2D eigenvalue weighted by Gasteiger charge is 2.21. The Hall–Kier alpha value is -3.08. The van der Waals surface area contributed by atoms with Crippen LogP contribution in [0.4, 0.5) is 8.78 Å².